The Hall–Kier alpha value is -1.42. The Morgan fingerprint density at radius 2 is 2.05 bits per heavy atom. The van der Waals surface area contributed by atoms with Crippen LogP contribution in [0, 0.1) is 5.92 Å². The van der Waals surface area contributed by atoms with Gasteiger partial charge in [-0.25, -0.2) is 4.39 Å². The number of rotatable bonds is 6. The lowest BCUT2D eigenvalue weighted by Gasteiger charge is -2.33. The maximum absolute atomic E-state index is 13.1. The second-order valence-corrected chi connectivity index (χ2v) is 5.18. The largest absolute Gasteiger partial charge is 0.346 e. The van der Waals surface area contributed by atoms with E-state index in [9.17, 15) is 9.18 Å². The monoisotopic (exact) mass is 264 g/mol. The van der Waals surface area contributed by atoms with Crippen LogP contribution in [0.5, 0.6) is 0 Å². The molecule has 1 aromatic carbocycles. The van der Waals surface area contributed by atoms with Gasteiger partial charge in [-0.1, -0.05) is 37.3 Å². The third kappa shape index (κ3) is 3.77. The van der Waals surface area contributed by atoms with Crippen LogP contribution < -0.4 is 5.32 Å². The number of nitrogens with zero attached hydrogens (tertiary/aromatic N) is 1. The van der Waals surface area contributed by atoms with E-state index >= 15 is 0 Å². The third-order valence-corrected chi connectivity index (χ3v) is 3.60. The minimum Gasteiger partial charge on any atom is -0.346 e. The molecule has 2 rings (SSSR count). The number of amides is 1. The molecule has 1 aliphatic rings. The van der Waals surface area contributed by atoms with Crippen molar-refractivity contribution in [2.45, 2.75) is 19.4 Å². The minimum atomic E-state index is -0.577. The lowest BCUT2D eigenvalue weighted by molar-refractivity contribution is -0.126. The zero-order valence-corrected chi connectivity index (χ0v) is 11.3. The van der Waals surface area contributed by atoms with E-state index in [0.29, 0.717) is 0 Å². The van der Waals surface area contributed by atoms with Gasteiger partial charge in [0.05, 0.1) is 6.04 Å². The summed E-state index contributed by atoms with van der Waals surface area (Å²) in [4.78, 5) is 14.3. The smallest absolute Gasteiger partial charge is 0.224 e. The van der Waals surface area contributed by atoms with E-state index < -0.39 is 12.7 Å². The molecule has 104 valence electrons. The molecule has 0 radical (unpaired) electrons. The first-order valence-corrected chi connectivity index (χ1v) is 6.84. The predicted molar refractivity (Wildman–Crippen MR) is 73.5 cm³/mol. The molecular formula is C15H21FN2O. The maximum atomic E-state index is 13.1. The number of carbonyl (C=O) groups is 1. The molecule has 1 fully saturated rings. The van der Waals surface area contributed by atoms with Gasteiger partial charge in [-0.15, -0.1) is 0 Å². The van der Waals surface area contributed by atoms with Gasteiger partial charge in [0.2, 0.25) is 5.91 Å². The van der Waals surface area contributed by atoms with Crippen LogP contribution >= 0.6 is 0 Å². The lowest BCUT2D eigenvalue weighted by Crippen LogP contribution is -2.44. The van der Waals surface area contributed by atoms with Gasteiger partial charge in [-0.2, -0.15) is 0 Å². The molecular weight excluding hydrogens is 243 g/mol. The zero-order chi connectivity index (χ0) is 13.7. The highest BCUT2D eigenvalue weighted by Crippen LogP contribution is 2.15. The van der Waals surface area contributed by atoms with Gasteiger partial charge in [-0.3, -0.25) is 4.79 Å². The molecule has 1 N–H and O–H groups in total. The van der Waals surface area contributed by atoms with E-state index in [1.807, 2.05) is 37.3 Å². The molecule has 0 spiro atoms. The predicted octanol–water partition coefficient (Wildman–Crippen LogP) is 2.16. The van der Waals surface area contributed by atoms with Gasteiger partial charge < -0.3 is 10.2 Å². The molecule has 1 heterocycles. The molecule has 0 bridgehead atoms. The number of carbonyl (C=O) groups excluding carboxylic acids is 1. The normalized spacial score (nSPS) is 18.4. The molecule has 0 unspecified atom stereocenters. The Bertz CT molecular complexity index is 406. The highest BCUT2D eigenvalue weighted by atomic mass is 19.1. The number of benzene rings is 1. The summed E-state index contributed by atoms with van der Waals surface area (Å²) in [6.07, 6.45) is 1.21. The van der Waals surface area contributed by atoms with Crippen molar-refractivity contribution in [2.24, 2.45) is 5.92 Å². The molecule has 1 aliphatic heterocycles. The maximum Gasteiger partial charge on any atom is 0.224 e. The number of nitrogens with one attached hydrogen (secondary N) is 1. The number of hydrogen-bond donors (Lipinski definition) is 1. The molecule has 1 saturated heterocycles. The minimum absolute atomic E-state index is 0.0709. The average Bonchev–Trinajstić information content (AvgIpc) is 2.40. The van der Waals surface area contributed by atoms with E-state index in [2.05, 4.69) is 10.2 Å². The molecule has 0 aromatic heterocycles. The highest BCUT2D eigenvalue weighted by Gasteiger charge is 2.23. The van der Waals surface area contributed by atoms with Crippen molar-refractivity contribution in [3.05, 3.63) is 35.9 Å². The molecule has 19 heavy (non-hydrogen) atoms. The van der Waals surface area contributed by atoms with Gasteiger partial charge in [0, 0.05) is 12.5 Å². The fourth-order valence-electron chi connectivity index (χ4n) is 2.24. The summed E-state index contributed by atoms with van der Waals surface area (Å²) in [7, 11) is 0. The second-order valence-electron chi connectivity index (χ2n) is 5.18. The third-order valence-electron chi connectivity index (χ3n) is 3.60. The summed E-state index contributed by atoms with van der Waals surface area (Å²) in [5, 5.41) is 2.80. The van der Waals surface area contributed by atoms with E-state index in [-0.39, 0.29) is 11.8 Å². The van der Waals surface area contributed by atoms with Crippen molar-refractivity contribution in [3.8, 4) is 0 Å². The topological polar surface area (TPSA) is 32.3 Å². The van der Waals surface area contributed by atoms with Crippen molar-refractivity contribution in [1.82, 2.24) is 10.2 Å². The standard InChI is InChI=1S/C15H21FN2O/c1-12(11-18-8-5-9-18)15(19)17-14(10-16)13-6-3-2-4-7-13/h2-4,6-7,12,14H,5,8-11H2,1H3,(H,17,19)/t12-,14-/m0/s1. The summed E-state index contributed by atoms with van der Waals surface area (Å²) in [5.41, 5.74) is 0.814. The summed E-state index contributed by atoms with van der Waals surface area (Å²) >= 11 is 0. The van der Waals surface area contributed by atoms with E-state index in [0.717, 1.165) is 25.2 Å². The number of alkyl halides is 1. The second kappa shape index (κ2) is 6.66. The quantitative estimate of drug-likeness (QED) is 0.854. The Balaban J connectivity index is 1.88. The molecule has 0 saturated carbocycles. The molecule has 1 aromatic rings. The van der Waals surface area contributed by atoms with Crippen LogP contribution in [0.25, 0.3) is 0 Å². The van der Waals surface area contributed by atoms with Crippen LogP contribution in [-0.2, 0) is 4.79 Å². The van der Waals surface area contributed by atoms with Crippen molar-refractivity contribution in [1.29, 1.82) is 0 Å². The number of likely N-dealkylation sites (tertiary alicyclic amines) is 1. The van der Waals surface area contributed by atoms with Gasteiger partial charge in [0.25, 0.3) is 0 Å². The average molecular weight is 264 g/mol. The lowest BCUT2D eigenvalue weighted by atomic mass is 10.0. The van der Waals surface area contributed by atoms with Crippen molar-refractivity contribution < 1.29 is 9.18 Å². The summed E-state index contributed by atoms with van der Waals surface area (Å²) < 4.78 is 13.1. The van der Waals surface area contributed by atoms with Gasteiger partial charge in [0.1, 0.15) is 6.67 Å². The zero-order valence-electron chi connectivity index (χ0n) is 11.3. The SMILES string of the molecule is C[C@@H](CN1CCC1)C(=O)N[C@@H](CF)c1ccccc1. The van der Waals surface area contributed by atoms with Gasteiger partial charge >= 0.3 is 0 Å². The van der Waals surface area contributed by atoms with Gasteiger partial charge in [-0.05, 0) is 25.1 Å². The number of halogens is 1. The summed E-state index contributed by atoms with van der Waals surface area (Å²) in [6, 6.07) is 8.73. The van der Waals surface area contributed by atoms with Crippen LogP contribution in [-0.4, -0.2) is 37.1 Å². The van der Waals surface area contributed by atoms with Crippen molar-refractivity contribution in [3.63, 3.8) is 0 Å². The van der Waals surface area contributed by atoms with E-state index in [4.69, 9.17) is 0 Å². The van der Waals surface area contributed by atoms with Crippen LogP contribution in [0.3, 0.4) is 0 Å². The first-order chi connectivity index (χ1) is 9.20. The molecule has 4 heteroatoms. The molecule has 3 nitrogen and oxygen atoms in total. The van der Waals surface area contributed by atoms with Crippen LogP contribution in [0.4, 0.5) is 4.39 Å². The van der Waals surface area contributed by atoms with Crippen LogP contribution in [0.15, 0.2) is 30.3 Å². The van der Waals surface area contributed by atoms with Crippen molar-refractivity contribution >= 4 is 5.91 Å². The Morgan fingerprint density at radius 3 is 2.58 bits per heavy atom. The summed E-state index contributed by atoms with van der Waals surface area (Å²) in [6.45, 7) is 4.23. The fourth-order valence-corrected chi connectivity index (χ4v) is 2.24. The first kappa shape index (κ1) is 14.0. The van der Waals surface area contributed by atoms with E-state index in [1.54, 1.807) is 0 Å². The molecule has 2 atom stereocenters. The summed E-state index contributed by atoms with van der Waals surface area (Å²) in [5.74, 6) is -0.170. The molecule has 0 aliphatic carbocycles. The highest BCUT2D eigenvalue weighted by molar-refractivity contribution is 5.79. The first-order valence-electron chi connectivity index (χ1n) is 6.84. The Labute approximate surface area is 113 Å². The Kier molecular flexibility index (Phi) is 4.91. The van der Waals surface area contributed by atoms with E-state index in [1.165, 1.54) is 6.42 Å². The molecule has 1 amide bonds. The van der Waals surface area contributed by atoms with Crippen molar-refractivity contribution in [2.75, 3.05) is 26.3 Å². The van der Waals surface area contributed by atoms with Crippen LogP contribution in [0.1, 0.15) is 24.9 Å². The fraction of sp³-hybridized carbons (Fsp3) is 0.533. The Morgan fingerprint density at radius 1 is 1.37 bits per heavy atom. The van der Waals surface area contributed by atoms with Crippen LogP contribution in [0.2, 0.25) is 0 Å². The number of hydrogen-bond acceptors (Lipinski definition) is 2. The van der Waals surface area contributed by atoms with Gasteiger partial charge in [0.15, 0.2) is 0 Å².